The fourth-order valence-corrected chi connectivity index (χ4v) is 2.42. The van der Waals surface area contributed by atoms with Crippen LogP contribution in [0.15, 0.2) is 18.2 Å². The summed E-state index contributed by atoms with van der Waals surface area (Å²) in [4.78, 5) is 16.4. The quantitative estimate of drug-likeness (QED) is 0.839. The normalized spacial score (nSPS) is 16.2. The fraction of sp³-hybridized carbons (Fsp3) is 0.533. The Labute approximate surface area is 119 Å². The summed E-state index contributed by atoms with van der Waals surface area (Å²) in [6.07, 6.45) is 0.243. The number of hydrogen-bond acceptors (Lipinski definition) is 3. The Bertz CT molecular complexity index is 471. The minimum atomic E-state index is -0.423. The van der Waals surface area contributed by atoms with Crippen molar-refractivity contribution in [3.05, 3.63) is 29.6 Å². The van der Waals surface area contributed by atoms with Crippen LogP contribution in [0, 0.1) is 5.82 Å². The molecule has 2 rings (SSSR count). The predicted molar refractivity (Wildman–Crippen MR) is 75.4 cm³/mol. The second-order valence-corrected chi connectivity index (χ2v) is 4.96. The van der Waals surface area contributed by atoms with E-state index in [9.17, 15) is 9.18 Å². The van der Waals surface area contributed by atoms with Crippen LogP contribution >= 0.6 is 0 Å². The number of piperazine rings is 1. The van der Waals surface area contributed by atoms with Gasteiger partial charge >= 0.3 is 0 Å². The SMILES string of the molecule is CCN1CCN(C(=O)Cc2ccc(OC)c(F)c2)CC1. The zero-order valence-corrected chi connectivity index (χ0v) is 12.1. The summed E-state index contributed by atoms with van der Waals surface area (Å²) in [7, 11) is 1.43. The van der Waals surface area contributed by atoms with E-state index in [4.69, 9.17) is 4.74 Å². The van der Waals surface area contributed by atoms with Crippen molar-refractivity contribution in [1.82, 2.24) is 9.80 Å². The Morgan fingerprint density at radius 1 is 1.30 bits per heavy atom. The zero-order chi connectivity index (χ0) is 14.5. The molecular weight excluding hydrogens is 259 g/mol. The predicted octanol–water partition coefficient (Wildman–Crippen LogP) is 1.54. The van der Waals surface area contributed by atoms with Crippen LogP contribution in [0.25, 0.3) is 0 Å². The molecule has 0 N–H and O–H groups in total. The van der Waals surface area contributed by atoms with Crippen molar-refractivity contribution in [2.75, 3.05) is 39.8 Å². The van der Waals surface area contributed by atoms with Crippen LogP contribution in [0.5, 0.6) is 5.75 Å². The third-order valence-electron chi connectivity index (χ3n) is 3.74. The topological polar surface area (TPSA) is 32.8 Å². The van der Waals surface area contributed by atoms with Crippen LogP contribution < -0.4 is 4.74 Å². The molecule has 110 valence electrons. The van der Waals surface area contributed by atoms with Gasteiger partial charge < -0.3 is 14.5 Å². The van der Waals surface area contributed by atoms with Gasteiger partial charge in [-0.25, -0.2) is 4.39 Å². The molecule has 1 saturated heterocycles. The summed E-state index contributed by atoms with van der Waals surface area (Å²) in [5.74, 6) is -0.156. The van der Waals surface area contributed by atoms with E-state index in [1.807, 2.05) is 4.90 Å². The first kappa shape index (κ1) is 14.8. The number of methoxy groups -OCH3 is 1. The lowest BCUT2D eigenvalue weighted by Crippen LogP contribution is -2.48. The van der Waals surface area contributed by atoms with Gasteiger partial charge in [0.15, 0.2) is 11.6 Å². The van der Waals surface area contributed by atoms with Crippen molar-refractivity contribution >= 4 is 5.91 Å². The molecule has 0 bridgehead atoms. The molecule has 4 nitrogen and oxygen atoms in total. The Hall–Kier alpha value is -1.62. The molecule has 5 heteroatoms. The summed E-state index contributed by atoms with van der Waals surface area (Å²) in [5.41, 5.74) is 0.686. The maximum Gasteiger partial charge on any atom is 0.227 e. The van der Waals surface area contributed by atoms with Crippen LogP contribution in [0.2, 0.25) is 0 Å². The van der Waals surface area contributed by atoms with Gasteiger partial charge in [0.2, 0.25) is 5.91 Å². The lowest BCUT2D eigenvalue weighted by molar-refractivity contribution is -0.132. The Morgan fingerprint density at radius 3 is 2.55 bits per heavy atom. The summed E-state index contributed by atoms with van der Waals surface area (Å²) >= 11 is 0. The average Bonchev–Trinajstić information content (AvgIpc) is 2.47. The molecule has 1 aromatic rings. The number of ether oxygens (including phenoxy) is 1. The monoisotopic (exact) mass is 280 g/mol. The van der Waals surface area contributed by atoms with Crippen molar-refractivity contribution in [2.45, 2.75) is 13.3 Å². The van der Waals surface area contributed by atoms with E-state index in [1.165, 1.54) is 13.2 Å². The summed E-state index contributed by atoms with van der Waals surface area (Å²) in [5, 5.41) is 0. The highest BCUT2D eigenvalue weighted by Gasteiger charge is 2.20. The molecule has 1 amide bonds. The Kier molecular flexibility index (Phi) is 4.95. The highest BCUT2D eigenvalue weighted by atomic mass is 19.1. The second-order valence-electron chi connectivity index (χ2n) is 4.96. The molecule has 0 unspecified atom stereocenters. The van der Waals surface area contributed by atoms with Crippen molar-refractivity contribution < 1.29 is 13.9 Å². The summed E-state index contributed by atoms with van der Waals surface area (Å²) < 4.78 is 18.5. The van der Waals surface area contributed by atoms with Gasteiger partial charge in [-0.15, -0.1) is 0 Å². The number of benzene rings is 1. The number of likely N-dealkylation sites (N-methyl/N-ethyl adjacent to an activating group) is 1. The molecule has 20 heavy (non-hydrogen) atoms. The van der Waals surface area contributed by atoms with Gasteiger partial charge in [0, 0.05) is 26.2 Å². The van der Waals surface area contributed by atoms with Gasteiger partial charge in [0.05, 0.1) is 13.5 Å². The molecule has 0 atom stereocenters. The number of rotatable bonds is 4. The maximum atomic E-state index is 13.6. The number of halogens is 1. The van der Waals surface area contributed by atoms with Crippen LogP contribution in [-0.4, -0.2) is 55.5 Å². The van der Waals surface area contributed by atoms with Crippen molar-refractivity contribution in [3.63, 3.8) is 0 Å². The number of carbonyl (C=O) groups excluding carboxylic acids is 1. The van der Waals surface area contributed by atoms with E-state index in [1.54, 1.807) is 12.1 Å². The van der Waals surface area contributed by atoms with Gasteiger partial charge in [-0.1, -0.05) is 13.0 Å². The highest BCUT2D eigenvalue weighted by Crippen LogP contribution is 2.18. The molecule has 0 saturated carbocycles. The number of amides is 1. The van der Waals surface area contributed by atoms with Crippen LogP contribution in [-0.2, 0) is 11.2 Å². The van der Waals surface area contributed by atoms with Crippen molar-refractivity contribution in [3.8, 4) is 5.75 Å². The van der Waals surface area contributed by atoms with Gasteiger partial charge in [-0.05, 0) is 24.2 Å². The lowest BCUT2D eigenvalue weighted by Gasteiger charge is -2.34. The first-order valence-corrected chi connectivity index (χ1v) is 6.96. The van der Waals surface area contributed by atoms with Crippen molar-refractivity contribution in [1.29, 1.82) is 0 Å². The number of nitrogens with zero attached hydrogens (tertiary/aromatic N) is 2. The molecule has 1 heterocycles. The summed E-state index contributed by atoms with van der Waals surface area (Å²) in [6, 6.07) is 4.67. The van der Waals surface area contributed by atoms with E-state index in [0.717, 1.165) is 32.7 Å². The molecule has 1 aromatic carbocycles. The zero-order valence-electron chi connectivity index (χ0n) is 12.1. The minimum Gasteiger partial charge on any atom is -0.494 e. The van der Waals surface area contributed by atoms with E-state index in [0.29, 0.717) is 5.56 Å². The van der Waals surface area contributed by atoms with Gasteiger partial charge in [-0.2, -0.15) is 0 Å². The molecule has 0 aromatic heterocycles. The van der Waals surface area contributed by atoms with E-state index >= 15 is 0 Å². The van der Waals surface area contributed by atoms with Crippen LogP contribution in [0.1, 0.15) is 12.5 Å². The number of hydrogen-bond donors (Lipinski definition) is 0. The largest absolute Gasteiger partial charge is 0.494 e. The van der Waals surface area contributed by atoms with Gasteiger partial charge in [0.1, 0.15) is 0 Å². The third kappa shape index (κ3) is 3.48. The standard InChI is InChI=1S/C15H21FN2O2/c1-3-17-6-8-18(9-7-17)15(19)11-12-4-5-14(20-2)13(16)10-12/h4-5,10H,3,6-9,11H2,1-2H3. The lowest BCUT2D eigenvalue weighted by atomic mass is 10.1. The molecule has 0 spiro atoms. The third-order valence-corrected chi connectivity index (χ3v) is 3.74. The van der Waals surface area contributed by atoms with Gasteiger partial charge in [0.25, 0.3) is 0 Å². The van der Waals surface area contributed by atoms with Crippen LogP contribution in [0.4, 0.5) is 4.39 Å². The molecule has 1 aliphatic heterocycles. The maximum absolute atomic E-state index is 13.6. The van der Waals surface area contributed by atoms with Crippen LogP contribution in [0.3, 0.4) is 0 Å². The first-order valence-electron chi connectivity index (χ1n) is 6.96. The summed E-state index contributed by atoms with van der Waals surface area (Å²) in [6.45, 7) is 6.48. The van der Waals surface area contributed by atoms with Crippen molar-refractivity contribution in [2.24, 2.45) is 0 Å². The molecular formula is C15H21FN2O2. The second kappa shape index (κ2) is 6.70. The molecule has 0 radical (unpaired) electrons. The molecule has 1 fully saturated rings. The molecule has 0 aliphatic carbocycles. The average molecular weight is 280 g/mol. The fourth-order valence-electron chi connectivity index (χ4n) is 2.42. The Morgan fingerprint density at radius 2 is 2.00 bits per heavy atom. The Balaban J connectivity index is 1.93. The van der Waals surface area contributed by atoms with Gasteiger partial charge in [-0.3, -0.25) is 4.79 Å². The van der Waals surface area contributed by atoms with E-state index in [-0.39, 0.29) is 18.1 Å². The first-order chi connectivity index (χ1) is 9.63. The number of carbonyl (C=O) groups is 1. The van der Waals surface area contributed by atoms with E-state index in [2.05, 4.69) is 11.8 Å². The van der Waals surface area contributed by atoms with E-state index < -0.39 is 5.82 Å². The minimum absolute atomic E-state index is 0.0605. The highest BCUT2D eigenvalue weighted by molar-refractivity contribution is 5.79. The smallest absolute Gasteiger partial charge is 0.227 e. The molecule has 1 aliphatic rings.